The number of hydrogen-bond acceptors (Lipinski definition) is 16. The molecule has 390 valence electrons. The van der Waals surface area contributed by atoms with E-state index in [1.807, 2.05) is 18.7 Å². The Morgan fingerprint density at radius 3 is 2.21 bits per heavy atom. The summed E-state index contributed by atoms with van der Waals surface area (Å²) in [6, 6.07) is 3.51. The second kappa shape index (κ2) is 22.2. The maximum Gasteiger partial charge on any atom is 0.247 e. The smallest absolute Gasteiger partial charge is 0.247 e. The van der Waals surface area contributed by atoms with E-state index in [1.54, 1.807) is 67.6 Å². The normalized spacial score (nSPS) is 17.5. The molecule has 4 atom stereocenters. The van der Waals surface area contributed by atoms with Gasteiger partial charge >= 0.3 is 0 Å². The van der Waals surface area contributed by atoms with E-state index < -0.39 is 79.3 Å². The second-order valence-corrected chi connectivity index (χ2v) is 22.6. The molecule has 0 saturated carbocycles. The number of H-pyrrole nitrogens is 1. The summed E-state index contributed by atoms with van der Waals surface area (Å²) in [5.41, 5.74) is 0.855. The molecule has 7 rings (SSSR count). The molecule has 20 nitrogen and oxygen atoms in total. The Morgan fingerprint density at radius 2 is 1.61 bits per heavy atom. The number of nitrogens with zero attached hydrogens (tertiary/aromatic N) is 8. The summed E-state index contributed by atoms with van der Waals surface area (Å²) >= 11 is 0. The van der Waals surface area contributed by atoms with Crippen LogP contribution in [0, 0.1) is 30.9 Å². The number of aromatic amines is 1. The molecule has 5 aromatic rings. The van der Waals surface area contributed by atoms with Gasteiger partial charge in [-0.05, 0) is 72.2 Å². The third-order valence-corrected chi connectivity index (χ3v) is 15.3. The van der Waals surface area contributed by atoms with Gasteiger partial charge in [0, 0.05) is 61.9 Å². The largest absolute Gasteiger partial charge is 0.491 e. The van der Waals surface area contributed by atoms with Gasteiger partial charge in [-0.1, -0.05) is 26.8 Å². The van der Waals surface area contributed by atoms with Crippen LogP contribution in [0.3, 0.4) is 0 Å². The zero-order valence-electron chi connectivity index (χ0n) is 42.1. The Kier molecular flexibility index (Phi) is 17.0. The molecule has 2 aliphatic heterocycles. The molecule has 0 unspecified atom stereocenters. The number of halogens is 3. The van der Waals surface area contributed by atoms with Crippen LogP contribution in [-0.2, 0) is 24.2 Å². The molecule has 5 N–H and O–H groups in total. The number of anilines is 4. The van der Waals surface area contributed by atoms with Gasteiger partial charge in [0.05, 0.1) is 35.2 Å². The topological polar surface area (TPSA) is 242 Å². The van der Waals surface area contributed by atoms with E-state index >= 15 is 0 Å². The number of nitrogens with one attached hydrogen (secondary N) is 5. The number of carbonyl (C=O) groups excluding carboxylic acids is 3. The molecule has 0 aliphatic carbocycles. The predicted molar refractivity (Wildman–Crippen MR) is 271 cm³/mol. The number of para-hydroxylation sites is 1. The first kappa shape index (κ1) is 55.0. The van der Waals surface area contributed by atoms with Gasteiger partial charge in [0.1, 0.15) is 64.9 Å². The van der Waals surface area contributed by atoms with Crippen LogP contribution in [0.5, 0.6) is 11.5 Å². The van der Waals surface area contributed by atoms with Gasteiger partial charge in [0.2, 0.25) is 23.7 Å². The molecular formula is C48H64ClF2N13O7S. The van der Waals surface area contributed by atoms with E-state index in [-0.39, 0.29) is 48.4 Å². The number of benzene rings is 2. The summed E-state index contributed by atoms with van der Waals surface area (Å²) < 4.78 is 68.7. The molecule has 0 radical (unpaired) electrons. The fourth-order valence-corrected chi connectivity index (χ4v) is 9.44. The van der Waals surface area contributed by atoms with Crippen LogP contribution in [0.15, 0.2) is 53.9 Å². The summed E-state index contributed by atoms with van der Waals surface area (Å²) in [6.45, 7) is 18.8. The van der Waals surface area contributed by atoms with Crippen molar-refractivity contribution in [3.05, 3.63) is 71.9 Å². The van der Waals surface area contributed by atoms with Gasteiger partial charge in [0.25, 0.3) is 0 Å². The predicted octanol–water partition coefficient (Wildman–Crippen LogP) is 5.10. The van der Waals surface area contributed by atoms with E-state index in [0.29, 0.717) is 61.2 Å². The summed E-state index contributed by atoms with van der Waals surface area (Å²) in [7, 11) is -2.26. The molecule has 2 saturated heterocycles. The van der Waals surface area contributed by atoms with E-state index in [2.05, 4.69) is 56.3 Å². The summed E-state index contributed by atoms with van der Waals surface area (Å²) in [5, 5.41) is 19.0. The third-order valence-electron chi connectivity index (χ3n) is 12.8. The highest BCUT2D eigenvalue weighted by atomic mass is 35.5. The molecule has 2 aromatic carbocycles. The van der Waals surface area contributed by atoms with Crippen LogP contribution < -0.4 is 35.6 Å². The maximum atomic E-state index is 14.7. The molecule has 24 heteroatoms. The van der Waals surface area contributed by atoms with Crippen molar-refractivity contribution in [1.29, 1.82) is 0 Å². The molecule has 0 bridgehead atoms. The van der Waals surface area contributed by atoms with Crippen LogP contribution in [0.4, 0.5) is 32.1 Å². The number of aromatic nitrogens is 6. The first-order chi connectivity index (χ1) is 33.5. The minimum absolute atomic E-state index is 0. The van der Waals surface area contributed by atoms with Crippen molar-refractivity contribution in [2.24, 2.45) is 5.41 Å². The highest BCUT2D eigenvalue weighted by Crippen LogP contribution is 2.38. The molecule has 5 heterocycles. The summed E-state index contributed by atoms with van der Waals surface area (Å²) in [4.78, 5) is 64.6. The number of carbonyl (C=O) groups is 3. The van der Waals surface area contributed by atoms with Crippen molar-refractivity contribution < 1.29 is 41.1 Å². The number of sulfone groups is 1. The highest BCUT2D eigenvalue weighted by Gasteiger charge is 2.46. The number of fused-ring (bicyclic) bond motifs is 1. The van der Waals surface area contributed by atoms with Gasteiger partial charge in [0.15, 0.2) is 21.4 Å². The lowest BCUT2D eigenvalue weighted by molar-refractivity contribution is -0.143. The average Bonchev–Trinajstić information content (AvgIpc) is 3.89. The van der Waals surface area contributed by atoms with Gasteiger partial charge in [-0.2, -0.15) is 5.10 Å². The molecule has 2 aliphatic rings. The van der Waals surface area contributed by atoms with Crippen LogP contribution in [0.2, 0.25) is 0 Å². The molecular weight excluding hydrogens is 976 g/mol. The summed E-state index contributed by atoms with van der Waals surface area (Å²) in [5.74, 6) is -1.86. The van der Waals surface area contributed by atoms with Crippen LogP contribution in [-0.4, -0.2) is 148 Å². The average molecular weight is 1040 g/mol. The Balaban J connectivity index is 0.00000847. The van der Waals surface area contributed by atoms with E-state index in [1.165, 1.54) is 29.7 Å². The Hall–Kier alpha value is -6.30. The standard InChI is InChI=1S/C48H63F2N13O7S.ClH/c1-27-28(2)59-60-41(27)58-42-32-21-38(71(67,68)48(7,8)9)37(22-35(32)54-26-55-42)69-19-18-61-14-16-62(17-15-61)46-52-23-31(24-53-46)70-30-20-36(44(65)56-39-33(49)12-11-13-34(39)50)63(25-30)45(66)40(47(4,5)6)57-43(64)29(3)51-10;/h11-13,21-24,26,29-30,36,40,51H,14-20,25H2,1-10H3,(H,56,65)(H,57,64)(H2,54,55,58,59,60);1H/t29-,30-,36-,40+;/m0./s1. The Bertz CT molecular complexity index is 2850. The Morgan fingerprint density at radius 1 is 0.944 bits per heavy atom. The zero-order chi connectivity index (χ0) is 51.6. The molecule has 72 heavy (non-hydrogen) atoms. The van der Waals surface area contributed by atoms with Crippen molar-refractivity contribution in [3.8, 4) is 11.5 Å². The quantitative estimate of drug-likeness (QED) is 0.0864. The number of piperazine rings is 1. The Labute approximate surface area is 424 Å². The first-order valence-corrected chi connectivity index (χ1v) is 24.9. The summed E-state index contributed by atoms with van der Waals surface area (Å²) in [6.07, 6.45) is 3.62. The lowest BCUT2D eigenvalue weighted by Gasteiger charge is -2.35. The van der Waals surface area contributed by atoms with E-state index in [4.69, 9.17) is 9.47 Å². The lowest BCUT2D eigenvalue weighted by atomic mass is 9.85. The van der Waals surface area contributed by atoms with Crippen molar-refractivity contribution >= 4 is 74.1 Å². The third kappa shape index (κ3) is 12.1. The SMILES string of the molecule is CN[C@@H](C)C(=O)N[C@H](C(=O)N1C[C@@H](Oc2cnc(N3CCN(CCOc4cc5ncnc(Nc6n[nH]c(C)c6C)c5cc4S(=O)(=O)C(C)(C)C)CC3)nc2)C[C@H]1C(=O)Nc1c(F)cccc1F)C(C)(C)C.Cl. The molecule has 3 amide bonds. The molecule has 2 fully saturated rings. The second-order valence-electron chi connectivity index (χ2n) is 19.9. The van der Waals surface area contributed by atoms with Gasteiger partial charge in [-0.15, -0.1) is 12.4 Å². The van der Waals surface area contributed by atoms with Crippen LogP contribution in [0.1, 0.15) is 66.1 Å². The zero-order valence-corrected chi connectivity index (χ0v) is 43.7. The number of likely N-dealkylation sites (tertiary alicyclic amines) is 1. The van der Waals surface area contributed by atoms with Gasteiger partial charge < -0.3 is 40.5 Å². The number of hydrogen-bond donors (Lipinski definition) is 5. The van der Waals surface area contributed by atoms with Crippen LogP contribution in [0.25, 0.3) is 10.9 Å². The molecule has 0 spiro atoms. The monoisotopic (exact) mass is 1040 g/mol. The number of aryl methyl sites for hydroxylation is 1. The first-order valence-electron chi connectivity index (χ1n) is 23.4. The van der Waals surface area contributed by atoms with Gasteiger partial charge in [-0.25, -0.2) is 37.1 Å². The van der Waals surface area contributed by atoms with Gasteiger partial charge in [-0.3, -0.25) is 24.4 Å². The lowest BCUT2D eigenvalue weighted by Crippen LogP contribution is -2.59. The van der Waals surface area contributed by atoms with Crippen molar-refractivity contribution in [3.63, 3.8) is 0 Å². The van der Waals surface area contributed by atoms with E-state index in [0.717, 1.165) is 23.4 Å². The van der Waals surface area contributed by atoms with Crippen molar-refractivity contribution in [2.75, 3.05) is 68.5 Å². The fraction of sp³-hybridized carbons (Fsp3) is 0.500. The highest BCUT2D eigenvalue weighted by molar-refractivity contribution is 7.92. The van der Waals surface area contributed by atoms with E-state index in [9.17, 15) is 31.6 Å². The maximum absolute atomic E-state index is 14.7. The number of amides is 3. The minimum atomic E-state index is -3.88. The number of rotatable bonds is 16. The fourth-order valence-electron chi connectivity index (χ4n) is 8.13. The minimum Gasteiger partial charge on any atom is -0.491 e. The number of ether oxygens (including phenoxy) is 2. The van der Waals surface area contributed by atoms with Crippen molar-refractivity contribution in [1.82, 2.24) is 50.6 Å². The van der Waals surface area contributed by atoms with Crippen LogP contribution >= 0.6 is 12.4 Å². The van der Waals surface area contributed by atoms with Crippen molar-refractivity contribution in [2.45, 2.75) is 103 Å². The molecule has 3 aromatic heterocycles. The number of likely N-dealkylation sites (N-methyl/N-ethyl adjacent to an activating group) is 1.